The third-order valence-corrected chi connectivity index (χ3v) is 2.04. The molecule has 0 bridgehead atoms. The first kappa shape index (κ1) is 11.0. The lowest BCUT2D eigenvalue weighted by atomic mass is 10.3. The van der Waals surface area contributed by atoms with Crippen molar-refractivity contribution in [1.82, 2.24) is 4.98 Å². The van der Waals surface area contributed by atoms with Crippen LogP contribution < -0.4 is 5.32 Å². The lowest BCUT2D eigenvalue weighted by Gasteiger charge is -2.04. The fourth-order valence-corrected chi connectivity index (χ4v) is 1.35. The lowest BCUT2D eigenvalue weighted by molar-refractivity contribution is -0.137. The standard InChI is InChI=1S/C9H11BrN2O2/c10-7-4-8(6-11-5-7)12-3-1-2-9(13)14/h4-6,12H,1-3H2,(H,13,14). The topological polar surface area (TPSA) is 62.2 Å². The number of aliphatic carboxylic acids is 1. The maximum atomic E-state index is 10.2. The number of nitrogens with zero attached hydrogens (tertiary/aromatic N) is 1. The highest BCUT2D eigenvalue weighted by molar-refractivity contribution is 9.10. The molecular formula is C9H11BrN2O2. The van der Waals surface area contributed by atoms with Crippen molar-refractivity contribution < 1.29 is 9.90 Å². The second kappa shape index (κ2) is 5.59. The van der Waals surface area contributed by atoms with Crippen LogP contribution in [0.2, 0.25) is 0 Å². The van der Waals surface area contributed by atoms with Gasteiger partial charge in [-0.05, 0) is 28.4 Å². The van der Waals surface area contributed by atoms with Crippen molar-refractivity contribution in [3.63, 3.8) is 0 Å². The molecule has 14 heavy (non-hydrogen) atoms. The van der Waals surface area contributed by atoms with E-state index in [-0.39, 0.29) is 6.42 Å². The minimum atomic E-state index is -0.765. The largest absolute Gasteiger partial charge is 0.481 e. The van der Waals surface area contributed by atoms with Crippen LogP contribution >= 0.6 is 15.9 Å². The van der Waals surface area contributed by atoms with Gasteiger partial charge in [-0.2, -0.15) is 0 Å². The molecule has 1 rings (SSSR count). The summed E-state index contributed by atoms with van der Waals surface area (Å²) in [6.45, 7) is 0.643. The van der Waals surface area contributed by atoms with E-state index < -0.39 is 5.97 Å². The molecular weight excluding hydrogens is 248 g/mol. The molecule has 0 spiro atoms. The third-order valence-electron chi connectivity index (χ3n) is 1.60. The van der Waals surface area contributed by atoms with Gasteiger partial charge in [0.05, 0.1) is 11.9 Å². The molecule has 76 valence electrons. The SMILES string of the molecule is O=C(O)CCCNc1cncc(Br)c1. The van der Waals surface area contributed by atoms with Gasteiger partial charge in [-0.3, -0.25) is 9.78 Å². The van der Waals surface area contributed by atoms with E-state index in [1.54, 1.807) is 12.4 Å². The van der Waals surface area contributed by atoms with Crippen LogP contribution in [0.15, 0.2) is 22.9 Å². The van der Waals surface area contributed by atoms with Crippen LogP contribution in [-0.4, -0.2) is 22.6 Å². The minimum Gasteiger partial charge on any atom is -0.481 e. The van der Waals surface area contributed by atoms with E-state index in [0.29, 0.717) is 13.0 Å². The summed E-state index contributed by atoms with van der Waals surface area (Å²) >= 11 is 3.30. The first-order chi connectivity index (χ1) is 6.68. The predicted octanol–water partition coefficient (Wildman–Crippen LogP) is 2.12. The average Bonchev–Trinajstić information content (AvgIpc) is 2.12. The molecule has 0 unspecified atom stereocenters. The van der Waals surface area contributed by atoms with E-state index in [1.165, 1.54) is 0 Å². The van der Waals surface area contributed by atoms with Gasteiger partial charge in [-0.1, -0.05) is 0 Å². The molecule has 0 radical (unpaired) electrons. The number of aromatic nitrogens is 1. The quantitative estimate of drug-likeness (QED) is 0.795. The Hall–Kier alpha value is -1.10. The molecule has 2 N–H and O–H groups in total. The molecule has 0 atom stereocenters. The van der Waals surface area contributed by atoms with Gasteiger partial charge in [-0.25, -0.2) is 0 Å². The van der Waals surface area contributed by atoms with Crippen molar-refractivity contribution in [2.45, 2.75) is 12.8 Å². The van der Waals surface area contributed by atoms with Crippen molar-refractivity contribution in [3.8, 4) is 0 Å². The molecule has 0 aliphatic carbocycles. The van der Waals surface area contributed by atoms with Crippen LogP contribution in [0.25, 0.3) is 0 Å². The molecule has 0 fully saturated rings. The summed E-state index contributed by atoms with van der Waals surface area (Å²) in [5.41, 5.74) is 0.893. The van der Waals surface area contributed by atoms with Gasteiger partial charge in [0.1, 0.15) is 0 Å². The molecule has 0 aliphatic rings. The van der Waals surface area contributed by atoms with E-state index in [0.717, 1.165) is 10.2 Å². The zero-order valence-electron chi connectivity index (χ0n) is 7.53. The van der Waals surface area contributed by atoms with Gasteiger partial charge >= 0.3 is 5.97 Å². The summed E-state index contributed by atoms with van der Waals surface area (Å²) < 4.78 is 0.903. The van der Waals surface area contributed by atoms with Crippen LogP contribution in [0.5, 0.6) is 0 Å². The highest BCUT2D eigenvalue weighted by Gasteiger charge is 1.97. The van der Waals surface area contributed by atoms with Crippen LogP contribution in [0, 0.1) is 0 Å². The van der Waals surface area contributed by atoms with Gasteiger partial charge < -0.3 is 10.4 Å². The number of halogens is 1. The van der Waals surface area contributed by atoms with E-state index in [2.05, 4.69) is 26.2 Å². The highest BCUT2D eigenvalue weighted by atomic mass is 79.9. The lowest BCUT2D eigenvalue weighted by Crippen LogP contribution is -2.04. The number of hydrogen-bond acceptors (Lipinski definition) is 3. The number of anilines is 1. The summed E-state index contributed by atoms with van der Waals surface area (Å²) in [5.74, 6) is -0.765. The summed E-state index contributed by atoms with van der Waals surface area (Å²) in [7, 11) is 0. The van der Waals surface area contributed by atoms with E-state index >= 15 is 0 Å². The number of rotatable bonds is 5. The summed E-state index contributed by atoms with van der Waals surface area (Å²) in [5, 5.41) is 11.5. The van der Waals surface area contributed by atoms with E-state index in [9.17, 15) is 4.79 Å². The smallest absolute Gasteiger partial charge is 0.303 e. The monoisotopic (exact) mass is 258 g/mol. The molecule has 5 heteroatoms. The summed E-state index contributed by atoms with van der Waals surface area (Å²) in [6, 6.07) is 1.90. The number of carboxylic acid groups (broad SMARTS) is 1. The van der Waals surface area contributed by atoms with Gasteiger partial charge in [0.25, 0.3) is 0 Å². The zero-order chi connectivity index (χ0) is 10.4. The maximum absolute atomic E-state index is 10.2. The Morgan fingerprint density at radius 3 is 3.00 bits per heavy atom. The molecule has 0 saturated carbocycles. The Kier molecular flexibility index (Phi) is 4.39. The van der Waals surface area contributed by atoms with Crippen molar-refractivity contribution in [2.24, 2.45) is 0 Å². The molecule has 0 aromatic carbocycles. The summed E-state index contributed by atoms with van der Waals surface area (Å²) in [4.78, 5) is 14.2. The summed E-state index contributed by atoms with van der Waals surface area (Å²) in [6.07, 6.45) is 4.20. The molecule has 0 amide bonds. The van der Waals surface area contributed by atoms with Crippen molar-refractivity contribution in [1.29, 1.82) is 0 Å². The second-order valence-corrected chi connectivity index (χ2v) is 3.73. The fraction of sp³-hybridized carbons (Fsp3) is 0.333. The van der Waals surface area contributed by atoms with E-state index in [1.807, 2.05) is 6.07 Å². The normalized spacial score (nSPS) is 9.79. The first-order valence-corrected chi connectivity index (χ1v) is 5.04. The van der Waals surface area contributed by atoms with Gasteiger partial charge in [0.2, 0.25) is 0 Å². The fourth-order valence-electron chi connectivity index (χ4n) is 0.981. The van der Waals surface area contributed by atoms with Crippen molar-refractivity contribution >= 4 is 27.6 Å². The molecule has 1 heterocycles. The van der Waals surface area contributed by atoms with Crippen molar-refractivity contribution in [2.75, 3.05) is 11.9 Å². The number of hydrogen-bond donors (Lipinski definition) is 2. The van der Waals surface area contributed by atoms with Crippen LogP contribution in [0.4, 0.5) is 5.69 Å². The molecule has 1 aromatic heterocycles. The van der Waals surface area contributed by atoms with E-state index in [4.69, 9.17) is 5.11 Å². The molecule has 4 nitrogen and oxygen atoms in total. The van der Waals surface area contributed by atoms with Crippen LogP contribution in [0.3, 0.4) is 0 Å². The second-order valence-electron chi connectivity index (χ2n) is 2.82. The Balaban J connectivity index is 2.28. The number of nitrogens with one attached hydrogen (secondary N) is 1. The maximum Gasteiger partial charge on any atom is 0.303 e. The third kappa shape index (κ3) is 4.23. The minimum absolute atomic E-state index is 0.189. The predicted molar refractivity (Wildman–Crippen MR) is 57.3 cm³/mol. The average molecular weight is 259 g/mol. The molecule has 0 aliphatic heterocycles. The Morgan fingerprint density at radius 2 is 2.36 bits per heavy atom. The zero-order valence-corrected chi connectivity index (χ0v) is 9.12. The molecule has 1 aromatic rings. The van der Waals surface area contributed by atoms with Crippen LogP contribution in [0.1, 0.15) is 12.8 Å². The number of pyridine rings is 1. The van der Waals surface area contributed by atoms with Crippen molar-refractivity contribution in [3.05, 3.63) is 22.9 Å². The Labute approximate surface area is 90.5 Å². The Bertz CT molecular complexity index is 317. The van der Waals surface area contributed by atoms with Gasteiger partial charge in [0.15, 0.2) is 0 Å². The first-order valence-electron chi connectivity index (χ1n) is 4.24. The van der Waals surface area contributed by atoms with Crippen LogP contribution in [-0.2, 0) is 4.79 Å². The van der Waals surface area contributed by atoms with Gasteiger partial charge in [0, 0.05) is 23.6 Å². The number of carboxylic acids is 1. The van der Waals surface area contributed by atoms with Gasteiger partial charge in [-0.15, -0.1) is 0 Å². The molecule has 0 saturated heterocycles. The Morgan fingerprint density at radius 1 is 1.57 bits per heavy atom. The number of carbonyl (C=O) groups is 1. The highest BCUT2D eigenvalue weighted by Crippen LogP contribution is 2.13.